The summed E-state index contributed by atoms with van der Waals surface area (Å²) in [5.41, 5.74) is 0. The van der Waals surface area contributed by atoms with Gasteiger partial charge in [0.25, 0.3) is 0 Å². The maximum Gasteiger partial charge on any atom is 0.191 e. The highest BCUT2D eigenvalue weighted by Gasteiger charge is 2.06. The molecule has 1 unspecified atom stereocenters. The van der Waals surface area contributed by atoms with Gasteiger partial charge in [0.1, 0.15) is 0 Å². The molecular weight excluding hydrogens is 341 g/mol. The van der Waals surface area contributed by atoms with Crippen LogP contribution in [0.1, 0.15) is 33.1 Å². The maximum absolute atomic E-state index is 8.98. The predicted molar refractivity (Wildman–Crippen MR) is 89.7 cm³/mol. The van der Waals surface area contributed by atoms with Crippen LogP contribution in [0.15, 0.2) is 17.6 Å². The topological polar surface area (TPSA) is 56.7 Å². The van der Waals surface area contributed by atoms with Gasteiger partial charge in [-0.1, -0.05) is 19.4 Å². The summed E-state index contributed by atoms with van der Waals surface area (Å²) in [5.74, 6) is 1.30. The molecular formula is C13H28IN3O. The highest BCUT2D eigenvalue weighted by molar-refractivity contribution is 14.0. The molecule has 0 aliphatic heterocycles. The lowest BCUT2D eigenvalue weighted by atomic mass is 10.0. The van der Waals surface area contributed by atoms with Gasteiger partial charge in [0.2, 0.25) is 0 Å². The molecule has 0 heterocycles. The van der Waals surface area contributed by atoms with Crippen LogP contribution in [-0.2, 0) is 0 Å². The first-order chi connectivity index (χ1) is 8.28. The summed E-state index contributed by atoms with van der Waals surface area (Å²) >= 11 is 0. The zero-order valence-corrected chi connectivity index (χ0v) is 13.9. The molecule has 0 rings (SSSR count). The lowest BCUT2D eigenvalue weighted by Crippen LogP contribution is -2.37. The molecule has 0 spiro atoms. The van der Waals surface area contributed by atoms with Crippen LogP contribution in [0.5, 0.6) is 0 Å². The first kappa shape index (κ1) is 20.0. The number of rotatable bonds is 9. The molecule has 4 nitrogen and oxygen atoms in total. The fourth-order valence-corrected chi connectivity index (χ4v) is 1.65. The van der Waals surface area contributed by atoms with E-state index in [1.165, 1.54) is 0 Å². The van der Waals surface area contributed by atoms with E-state index in [4.69, 9.17) is 5.11 Å². The zero-order valence-electron chi connectivity index (χ0n) is 11.6. The smallest absolute Gasteiger partial charge is 0.191 e. The van der Waals surface area contributed by atoms with Crippen LogP contribution in [0.25, 0.3) is 0 Å². The number of nitrogens with one attached hydrogen (secondary N) is 2. The van der Waals surface area contributed by atoms with E-state index < -0.39 is 0 Å². The van der Waals surface area contributed by atoms with Crippen molar-refractivity contribution in [2.75, 3.05) is 26.2 Å². The van der Waals surface area contributed by atoms with E-state index >= 15 is 0 Å². The van der Waals surface area contributed by atoms with Crippen LogP contribution >= 0.6 is 24.0 Å². The van der Waals surface area contributed by atoms with Crippen LogP contribution in [0.4, 0.5) is 0 Å². The molecule has 0 saturated heterocycles. The van der Waals surface area contributed by atoms with Crippen molar-refractivity contribution in [3.63, 3.8) is 0 Å². The van der Waals surface area contributed by atoms with Crippen molar-refractivity contribution >= 4 is 29.9 Å². The maximum atomic E-state index is 8.98. The summed E-state index contributed by atoms with van der Waals surface area (Å²) < 4.78 is 0. The first-order valence-corrected chi connectivity index (χ1v) is 6.52. The molecule has 3 N–H and O–H groups in total. The number of aliphatic hydroxyl groups excluding tert-OH is 1. The number of aliphatic imine (C=N–C) groups is 1. The molecule has 0 aromatic rings. The summed E-state index contributed by atoms with van der Waals surface area (Å²) in [6.07, 6.45) is 4.89. The molecule has 0 aliphatic carbocycles. The Morgan fingerprint density at radius 1 is 1.33 bits per heavy atom. The summed E-state index contributed by atoms with van der Waals surface area (Å²) in [4.78, 5) is 4.52. The van der Waals surface area contributed by atoms with Crippen LogP contribution < -0.4 is 10.6 Å². The largest absolute Gasteiger partial charge is 0.396 e. The van der Waals surface area contributed by atoms with E-state index in [-0.39, 0.29) is 30.6 Å². The second kappa shape index (κ2) is 14.8. The number of hydrogen-bond donors (Lipinski definition) is 3. The summed E-state index contributed by atoms with van der Waals surface area (Å²) in [6, 6.07) is 0. The van der Waals surface area contributed by atoms with Crippen molar-refractivity contribution in [3.8, 4) is 0 Å². The average Bonchev–Trinajstić information content (AvgIpc) is 2.33. The molecule has 108 valence electrons. The van der Waals surface area contributed by atoms with Crippen molar-refractivity contribution in [2.45, 2.75) is 33.1 Å². The molecule has 0 saturated carbocycles. The third kappa shape index (κ3) is 10.8. The minimum Gasteiger partial charge on any atom is -0.396 e. The van der Waals surface area contributed by atoms with Crippen molar-refractivity contribution < 1.29 is 5.11 Å². The molecule has 0 aromatic heterocycles. The SMILES string of the molecule is C=CCNC(=NCC(CCC)CCO)NCC.I. The lowest BCUT2D eigenvalue weighted by molar-refractivity contribution is 0.253. The van der Waals surface area contributed by atoms with Gasteiger partial charge in [0, 0.05) is 26.2 Å². The van der Waals surface area contributed by atoms with E-state index in [1.807, 2.05) is 13.0 Å². The Morgan fingerprint density at radius 2 is 2.06 bits per heavy atom. The number of aliphatic hydroxyl groups is 1. The van der Waals surface area contributed by atoms with Gasteiger partial charge in [0.05, 0.1) is 0 Å². The Labute approximate surface area is 128 Å². The minimum absolute atomic E-state index is 0. The Kier molecular flexibility index (Phi) is 16.4. The Hall–Kier alpha value is -0.300. The zero-order chi connectivity index (χ0) is 12.9. The third-order valence-electron chi connectivity index (χ3n) is 2.50. The Morgan fingerprint density at radius 3 is 2.56 bits per heavy atom. The Balaban J connectivity index is 0. The second-order valence-corrected chi connectivity index (χ2v) is 4.06. The molecule has 0 amide bonds. The highest BCUT2D eigenvalue weighted by Crippen LogP contribution is 2.10. The van der Waals surface area contributed by atoms with Crippen LogP contribution in [-0.4, -0.2) is 37.3 Å². The fraction of sp³-hybridized carbons (Fsp3) is 0.769. The standard InChI is InChI=1S/C13H27N3O.HI/c1-4-7-12(8-10-17)11-16-13(14-6-3)15-9-5-2;/h5,12,17H,2,4,6-11H2,1,3H3,(H2,14,15,16);1H. The monoisotopic (exact) mass is 369 g/mol. The van der Waals surface area contributed by atoms with Gasteiger partial charge in [-0.15, -0.1) is 30.6 Å². The number of nitrogens with zero attached hydrogens (tertiary/aromatic N) is 1. The van der Waals surface area contributed by atoms with Crippen molar-refractivity contribution in [2.24, 2.45) is 10.9 Å². The molecule has 0 aliphatic rings. The van der Waals surface area contributed by atoms with Crippen molar-refractivity contribution in [1.82, 2.24) is 10.6 Å². The summed E-state index contributed by atoms with van der Waals surface area (Å²) in [6.45, 7) is 10.4. The van der Waals surface area contributed by atoms with E-state index in [0.717, 1.165) is 38.3 Å². The van der Waals surface area contributed by atoms with Crippen LogP contribution in [0.2, 0.25) is 0 Å². The van der Waals surface area contributed by atoms with Gasteiger partial charge in [-0.05, 0) is 25.7 Å². The highest BCUT2D eigenvalue weighted by atomic mass is 127. The Bertz CT molecular complexity index is 216. The van der Waals surface area contributed by atoms with E-state index in [0.29, 0.717) is 12.5 Å². The van der Waals surface area contributed by atoms with E-state index in [1.54, 1.807) is 0 Å². The average molecular weight is 369 g/mol. The fourth-order valence-electron chi connectivity index (χ4n) is 1.65. The molecule has 18 heavy (non-hydrogen) atoms. The van der Waals surface area contributed by atoms with E-state index in [2.05, 4.69) is 29.1 Å². The van der Waals surface area contributed by atoms with E-state index in [9.17, 15) is 0 Å². The van der Waals surface area contributed by atoms with Gasteiger partial charge in [0.15, 0.2) is 5.96 Å². The van der Waals surface area contributed by atoms with Gasteiger partial charge in [-0.2, -0.15) is 0 Å². The van der Waals surface area contributed by atoms with Crippen LogP contribution in [0, 0.1) is 5.92 Å². The van der Waals surface area contributed by atoms with Crippen molar-refractivity contribution in [1.29, 1.82) is 0 Å². The van der Waals surface area contributed by atoms with Gasteiger partial charge < -0.3 is 15.7 Å². The number of guanidine groups is 1. The molecule has 0 bridgehead atoms. The normalized spacial score (nSPS) is 12.5. The molecule has 0 radical (unpaired) electrons. The lowest BCUT2D eigenvalue weighted by Gasteiger charge is -2.14. The number of halogens is 1. The first-order valence-electron chi connectivity index (χ1n) is 6.52. The number of hydrogen-bond acceptors (Lipinski definition) is 2. The van der Waals surface area contributed by atoms with Gasteiger partial charge in [-0.25, -0.2) is 0 Å². The van der Waals surface area contributed by atoms with Gasteiger partial charge >= 0.3 is 0 Å². The van der Waals surface area contributed by atoms with Crippen molar-refractivity contribution in [3.05, 3.63) is 12.7 Å². The molecule has 1 atom stereocenters. The second-order valence-electron chi connectivity index (χ2n) is 4.06. The quantitative estimate of drug-likeness (QED) is 0.253. The predicted octanol–water partition coefficient (Wildman–Crippen LogP) is 2.14. The minimum atomic E-state index is 0. The van der Waals surface area contributed by atoms with Crippen LogP contribution in [0.3, 0.4) is 0 Å². The molecule has 0 aromatic carbocycles. The molecule has 0 fully saturated rings. The summed E-state index contributed by atoms with van der Waals surface area (Å²) in [7, 11) is 0. The molecule has 5 heteroatoms. The summed E-state index contributed by atoms with van der Waals surface area (Å²) in [5, 5.41) is 15.3. The van der Waals surface area contributed by atoms with Gasteiger partial charge in [-0.3, -0.25) is 4.99 Å². The third-order valence-corrected chi connectivity index (χ3v) is 2.50.